The van der Waals surface area contributed by atoms with Gasteiger partial charge in [-0.15, -0.1) is 0 Å². The first-order valence-electron chi connectivity index (χ1n) is 9.80. The van der Waals surface area contributed by atoms with Crippen molar-refractivity contribution < 1.29 is 14.4 Å². The lowest BCUT2D eigenvalue weighted by molar-refractivity contribution is -0.148. The van der Waals surface area contributed by atoms with Crippen LogP contribution in [0.25, 0.3) is 0 Å². The Kier molecular flexibility index (Phi) is 4.24. The smallest absolute Gasteiger partial charge is 0.241 e. The summed E-state index contributed by atoms with van der Waals surface area (Å²) in [5.74, 6) is 1.84. The molecule has 4 bridgehead atoms. The number of amides is 3. The second-order valence-electron chi connectivity index (χ2n) is 8.94. The molecule has 3 amide bonds. The van der Waals surface area contributed by atoms with Crippen LogP contribution in [-0.2, 0) is 14.4 Å². The van der Waals surface area contributed by atoms with E-state index in [0.29, 0.717) is 25.9 Å². The van der Waals surface area contributed by atoms with Gasteiger partial charge in [0, 0.05) is 24.4 Å². The third kappa shape index (κ3) is 3.15. The summed E-state index contributed by atoms with van der Waals surface area (Å²) >= 11 is 0. The van der Waals surface area contributed by atoms with Crippen molar-refractivity contribution in [2.45, 2.75) is 51.4 Å². The van der Waals surface area contributed by atoms with Gasteiger partial charge in [-0.05, 0) is 69.1 Å². The van der Waals surface area contributed by atoms with Gasteiger partial charge in [0.05, 0.1) is 6.54 Å². The van der Waals surface area contributed by atoms with E-state index < -0.39 is 0 Å². The third-order valence-corrected chi connectivity index (χ3v) is 7.17. The molecule has 5 rings (SSSR count). The molecule has 6 heteroatoms. The molecular weight excluding hydrogens is 318 g/mol. The van der Waals surface area contributed by atoms with Crippen molar-refractivity contribution in [1.82, 2.24) is 10.2 Å². The van der Waals surface area contributed by atoms with E-state index in [4.69, 9.17) is 5.73 Å². The van der Waals surface area contributed by atoms with E-state index >= 15 is 0 Å². The maximum atomic E-state index is 12.9. The fourth-order valence-corrected chi connectivity index (χ4v) is 6.26. The summed E-state index contributed by atoms with van der Waals surface area (Å²) in [5.41, 5.74) is 5.13. The van der Waals surface area contributed by atoms with Crippen LogP contribution in [0.1, 0.15) is 51.4 Å². The van der Waals surface area contributed by atoms with Crippen LogP contribution in [0, 0.1) is 29.1 Å². The van der Waals surface area contributed by atoms with Gasteiger partial charge in [0.25, 0.3) is 0 Å². The zero-order valence-corrected chi connectivity index (χ0v) is 14.8. The van der Waals surface area contributed by atoms with Gasteiger partial charge >= 0.3 is 0 Å². The highest BCUT2D eigenvalue weighted by atomic mass is 16.2. The second kappa shape index (κ2) is 6.29. The van der Waals surface area contributed by atoms with Gasteiger partial charge in [0.15, 0.2) is 0 Å². The van der Waals surface area contributed by atoms with Crippen LogP contribution in [0.4, 0.5) is 0 Å². The fraction of sp³-hybridized carbons (Fsp3) is 0.842. The summed E-state index contributed by atoms with van der Waals surface area (Å²) in [7, 11) is 0. The summed E-state index contributed by atoms with van der Waals surface area (Å²) < 4.78 is 0. The molecule has 0 aromatic carbocycles. The highest BCUT2D eigenvalue weighted by Crippen LogP contribution is 2.60. The quantitative estimate of drug-likeness (QED) is 0.796. The largest absolute Gasteiger partial charge is 0.369 e. The van der Waals surface area contributed by atoms with Crippen LogP contribution in [-0.4, -0.2) is 42.3 Å². The molecule has 5 aliphatic rings. The number of nitrogens with one attached hydrogen (secondary N) is 1. The molecule has 0 aromatic rings. The summed E-state index contributed by atoms with van der Waals surface area (Å²) in [6.45, 7) is 1.20. The summed E-state index contributed by atoms with van der Waals surface area (Å²) in [4.78, 5) is 38.2. The van der Waals surface area contributed by atoms with Gasteiger partial charge in [0.1, 0.15) is 0 Å². The van der Waals surface area contributed by atoms with Gasteiger partial charge in [-0.25, -0.2) is 0 Å². The molecule has 138 valence electrons. The fourth-order valence-electron chi connectivity index (χ4n) is 6.26. The van der Waals surface area contributed by atoms with Crippen LogP contribution in [0.3, 0.4) is 0 Å². The van der Waals surface area contributed by atoms with Crippen molar-refractivity contribution in [3.63, 3.8) is 0 Å². The molecule has 6 nitrogen and oxygen atoms in total. The Hall–Kier alpha value is -1.59. The van der Waals surface area contributed by atoms with E-state index in [1.165, 1.54) is 19.3 Å². The van der Waals surface area contributed by atoms with E-state index in [-0.39, 0.29) is 35.6 Å². The number of likely N-dealkylation sites (tertiary alicyclic amines) is 1. The van der Waals surface area contributed by atoms with Gasteiger partial charge < -0.3 is 16.0 Å². The van der Waals surface area contributed by atoms with Crippen LogP contribution in [0.2, 0.25) is 0 Å². The van der Waals surface area contributed by atoms with Crippen LogP contribution < -0.4 is 11.1 Å². The van der Waals surface area contributed by atoms with Crippen LogP contribution >= 0.6 is 0 Å². The van der Waals surface area contributed by atoms with Gasteiger partial charge in [-0.1, -0.05) is 0 Å². The summed E-state index contributed by atoms with van der Waals surface area (Å²) in [5, 5.41) is 2.95. The summed E-state index contributed by atoms with van der Waals surface area (Å²) in [6, 6.07) is 0. The number of rotatable bonds is 4. The van der Waals surface area contributed by atoms with Crippen molar-refractivity contribution in [3.05, 3.63) is 0 Å². The molecule has 4 saturated carbocycles. The lowest BCUT2D eigenvalue weighted by atomic mass is 9.49. The maximum Gasteiger partial charge on any atom is 0.241 e. The molecule has 0 radical (unpaired) electrons. The first-order chi connectivity index (χ1) is 11.9. The molecule has 1 heterocycles. The normalized spacial score (nSPS) is 37.1. The van der Waals surface area contributed by atoms with E-state index in [0.717, 1.165) is 37.0 Å². The van der Waals surface area contributed by atoms with Gasteiger partial charge in [0.2, 0.25) is 17.7 Å². The number of primary amides is 1. The standard InChI is InChI=1S/C19H29N3O3/c20-17(24)15-1-3-22(4-2-15)16(23)11-21-18(25)19-8-12-5-13(9-19)7-14(6-12)10-19/h12-15H,1-11H2,(H2,20,24)(H,21,25). The van der Waals surface area contributed by atoms with Gasteiger partial charge in [-0.3, -0.25) is 14.4 Å². The minimum Gasteiger partial charge on any atom is -0.369 e. The number of hydrogen-bond donors (Lipinski definition) is 2. The molecule has 0 aromatic heterocycles. The molecule has 0 unspecified atom stereocenters. The SMILES string of the molecule is NC(=O)C1CCN(C(=O)CNC(=O)C23CC4CC(CC(C4)C2)C3)CC1. The number of nitrogens with two attached hydrogens (primary N) is 1. The number of nitrogens with zero attached hydrogens (tertiary/aromatic N) is 1. The Balaban J connectivity index is 1.29. The zero-order chi connectivity index (χ0) is 17.6. The number of piperidine rings is 1. The maximum absolute atomic E-state index is 12.9. The van der Waals surface area contributed by atoms with Crippen molar-refractivity contribution in [2.24, 2.45) is 34.8 Å². The van der Waals surface area contributed by atoms with E-state index in [2.05, 4.69) is 5.32 Å². The Morgan fingerprint density at radius 1 is 0.960 bits per heavy atom. The van der Waals surface area contributed by atoms with Crippen molar-refractivity contribution >= 4 is 17.7 Å². The first kappa shape index (κ1) is 16.9. The zero-order valence-electron chi connectivity index (χ0n) is 14.8. The topological polar surface area (TPSA) is 92.5 Å². The number of carbonyl (C=O) groups is 3. The molecule has 1 saturated heterocycles. The van der Waals surface area contributed by atoms with E-state index in [9.17, 15) is 14.4 Å². The minimum absolute atomic E-state index is 0.0407. The minimum atomic E-state index is -0.276. The highest BCUT2D eigenvalue weighted by Gasteiger charge is 2.54. The Morgan fingerprint density at radius 3 is 1.96 bits per heavy atom. The lowest BCUT2D eigenvalue weighted by Crippen LogP contribution is -2.55. The Labute approximate surface area is 148 Å². The Bertz CT molecular complexity index is 545. The second-order valence-corrected chi connectivity index (χ2v) is 8.94. The lowest BCUT2D eigenvalue weighted by Gasteiger charge is -2.55. The van der Waals surface area contributed by atoms with Crippen molar-refractivity contribution in [2.75, 3.05) is 19.6 Å². The summed E-state index contributed by atoms with van der Waals surface area (Å²) in [6.07, 6.45) is 8.23. The predicted octanol–water partition coefficient (Wildman–Crippen LogP) is 1.04. The average Bonchev–Trinajstić information content (AvgIpc) is 2.58. The number of carbonyl (C=O) groups excluding carboxylic acids is 3. The van der Waals surface area contributed by atoms with Crippen molar-refractivity contribution in [1.29, 1.82) is 0 Å². The first-order valence-corrected chi connectivity index (χ1v) is 9.80. The molecule has 1 aliphatic heterocycles. The monoisotopic (exact) mass is 347 g/mol. The molecule has 3 N–H and O–H groups in total. The average molecular weight is 347 g/mol. The molecule has 5 fully saturated rings. The van der Waals surface area contributed by atoms with Crippen LogP contribution in [0.15, 0.2) is 0 Å². The third-order valence-electron chi connectivity index (χ3n) is 7.17. The predicted molar refractivity (Wildman–Crippen MR) is 92.1 cm³/mol. The molecule has 0 atom stereocenters. The Morgan fingerprint density at radius 2 is 1.48 bits per heavy atom. The molecular formula is C19H29N3O3. The van der Waals surface area contributed by atoms with Gasteiger partial charge in [-0.2, -0.15) is 0 Å². The molecule has 4 aliphatic carbocycles. The number of hydrogen-bond acceptors (Lipinski definition) is 3. The molecule has 25 heavy (non-hydrogen) atoms. The van der Waals surface area contributed by atoms with Crippen LogP contribution in [0.5, 0.6) is 0 Å². The van der Waals surface area contributed by atoms with Crippen molar-refractivity contribution in [3.8, 4) is 0 Å². The van der Waals surface area contributed by atoms with E-state index in [1.54, 1.807) is 4.90 Å². The highest BCUT2D eigenvalue weighted by molar-refractivity contribution is 5.88. The van der Waals surface area contributed by atoms with E-state index in [1.807, 2.05) is 0 Å². The molecule has 0 spiro atoms.